The average Bonchev–Trinajstić information content (AvgIpc) is 2.91. The van der Waals surface area contributed by atoms with Crippen molar-refractivity contribution in [1.29, 1.82) is 0 Å². The van der Waals surface area contributed by atoms with Crippen LogP contribution in [-0.4, -0.2) is 10.4 Å². The van der Waals surface area contributed by atoms with Gasteiger partial charge in [-0.15, -0.1) is 11.3 Å². The lowest BCUT2D eigenvalue weighted by molar-refractivity contribution is 0.0974. The molecule has 0 aliphatic carbocycles. The van der Waals surface area contributed by atoms with Crippen LogP contribution in [0.2, 0.25) is 13.7 Å². The molecule has 0 N–H and O–H groups in total. The quantitative estimate of drug-likeness (QED) is 0.571. The molecular formula is C14H8Cl3NOS. The van der Waals surface area contributed by atoms with E-state index in [-0.39, 0.29) is 12.3 Å². The van der Waals surface area contributed by atoms with Gasteiger partial charge in [-0.1, -0.05) is 53.0 Å². The van der Waals surface area contributed by atoms with Gasteiger partial charge in [-0.2, -0.15) is 0 Å². The van der Waals surface area contributed by atoms with Crippen LogP contribution in [0.25, 0.3) is 10.9 Å². The highest BCUT2D eigenvalue weighted by Crippen LogP contribution is 2.32. The summed E-state index contributed by atoms with van der Waals surface area (Å²) in [7, 11) is 0. The number of ketones is 1. The van der Waals surface area contributed by atoms with E-state index in [0.29, 0.717) is 19.3 Å². The van der Waals surface area contributed by atoms with Gasteiger partial charge in [-0.3, -0.25) is 4.79 Å². The molecule has 0 amide bonds. The average molecular weight is 345 g/mol. The Morgan fingerprint density at radius 1 is 1.20 bits per heavy atom. The lowest BCUT2D eigenvalue weighted by atomic mass is 10.2. The first-order valence-electron chi connectivity index (χ1n) is 5.77. The summed E-state index contributed by atoms with van der Waals surface area (Å²) in [6, 6.07) is 9.28. The van der Waals surface area contributed by atoms with E-state index in [1.165, 1.54) is 11.3 Å². The fraction of sp³-hybridized carbons (Fsp3) is 0.0714. The van der Waals surface area contributed by atoms with Crippen molar-refractivity contribution in [2.75, 3.05) is 0 Å². The van der Waals surface area contributed by atoms with Crippen LogP contribution in [0.15, 0.2) is 36.5 Å². The SMILES string of the molecule is O=C(Cn1cc(Cl)c2ccccc21)c1cc(Cl)sc1Cl. The van der Waals surface area contributed by atoms with Crippen molar-refractivity contribution in [3.8, 4) is 0 Å². The summed E-state index contributed by atoms with van der Waals surface area (Å²) < 4.78 is 2.75. The number of nitrogens with zero attached hydrogens (tertiary/aromatic N) is 1. The predicted octanol–water partition coefficient (Wildman–Crippen LogP) is 5.55. The summed E-state index contributed by atoms with van der Waals surface area (Å²) in [5.74, 6) is -0.0874. The first-order chi connectivity index (χ1) is 9.56. The van der Waals surface area contributed by atoms with Crippen LogP contribution in [0, 0.1) is 0 Å². The van der Waals surface area contributed by atoms with Gasteiger partial charge < -0.3 is 4.57 Å². The molecule has 0 saturated heterocycles. The smallest absolute Gasteiger partial charge is 0.184 e. The van der Waals surface area contributed by atoms with E-state index < -0.39 is 0 Å². The molecule has 0 unspecified atom stereocenters. The number of para-hydroxylation sites is 1. The normalized spacial score (nSPS) is 11.2. The zero-order valence-corrected chi connectivity index (χ0v) is 13.2. The lowest BCUT2D eigenvalue weighted by Gasteiger charge is -2.03. The Bertz CT molecular complexity index is 806. The molecule has 2 aromatic heterocycles. The molecule has 2 heterocycles. The number of hydrogen-bond acceptors (Lipinski definition) is 2. The number of carbonyl (C=O) groups is 1. The van der Waals surface area contributed by atoms with E-state index >= 15 is 0 Å². The molecular weight excluding hydrogens is 337 g/mol. The minimum absolute atomic E-state index is 0.0874. The molecule has 0 saturated carbocycles. The lowest BCUT2D eigenvalue weighted by Crippen LogP contribution is -2.08. The van der Waals surface area contributed by atoms with Crippen molar-refractivity contribution in [2.24, 2.45) is 0 Å². The highest BCUT2D eigenvalue weighted by atomic mass is 35.5. The van der Waals surface area contributed by atoms with E-state index in [4.69, 9.17) is 34.8 Å². The largest absolute Gasteiger partial charge is 0.338 e. The van der Waals surface area contributed by atoms with E-state index in [2.05, 4.69) is 0 Å². The van der Waals surface area contributed by atoms with Gasteiger partial charge in [0.1, 0.15) is 4.34 Å². The van der Waals surface area contributed by atoms with E-state index in [1.54, 1.807) is 12.3 Å². The van der Waals surface area contributed by atoms with Crippen molar-refractivity contribution in [2.45, 2.75) is 6.54 Å². The summed E-state index contributed by atoms with van der Waals surface area (Å²) in [5, 5.41) is 1.55. The van der Waals surface area contributed by atoms with Crippen LogP contribution in [0.5, 0.6) is 0 Å². The van der Waals surface area contributed by atoms with Crippen LogP contribution in [0.3, 0.4) is 0 Å². The topological polar surface area (TPSA) is 22.0 Å². The number of thiophene rings is 1. The van der Waals surface area contributed by atoms with E-state index in [9.17, 15) is 4.79 Å². The third kappa shape index (κ3) is 2.47. The molecule has 0 fully saturated rings. The molecule has 1 aromatic carbocycles. The number of halogens is 3. The number of Topliss-reactive ketones (excluding diaryl/α,β-unsaturated/α-hetero) is 1. The number of carbonyl (C=O) groups excluding carboxylic acids is 1. The maximum Gasteiger partial charge on any atom is 0.184 e. The van der Waals surface area contributed by atoms with Crippen molar-refractivity contribution < 1.29 is 4.79 Å². The summed E-state index contributed by atoms with van der Waals surface area (Å²) >= 11 is 19.2. The van der Waals surface area contributed by atoms with Gasteiger partial charge in [0.2, 0.25) is 0 Å². The number of rotatable bonds is 3. The second-order valence-corrected chi connectivity index (χ2v) is 6.98. The second kappa shape index (κ2) is 5.41. The van der Waals surface area contributed by atoms with Gasteiger partial charge in [0, 0.05) is 17.1 Å². The molecule has 0 atom stereocenters. The van der Waals surface area contributed by atoms with E-state index in [0.717, 1.165) is 10.9 Å². The Morgan fingerprint density at radius 2 is 1.95 bits per heavy atom. The molecule has 0 spiro atoms. The maximum atomic E-state index is 12.3. The molecule has 0 radical (unpaired) electrons. The molecule has 20 heavy (non-hydrogen) atoms. The number of aromatic nitrogens is 1. The molecule has 0 aliphatic heterocycles. The second-order valence-electron chi connectivity index (χ2n) is 4.28. The first kappa shape index (κ1) is 14.0. The van der Waals surface area contributed by atoms with Crippen LogP contribution < -0.4 is 0 Å². The predicted molar refractivity (Wildman–Crippen MR) is 85.6 cm³/mol. The summed E-state index contributed by atoms with van der Waals surface area (Å²) in [4.78, 5) is 12.3. The van der Waals surface area contributed by atoms with Gasteiger partial charge >= 0.3 is 0 Å². The molecule has 2 nitrogen and oxygen atoms in total. The van der Waals surface area contributed by atoms with Gasteiger partial charge in [0.15, 0.2) is 5.78 Å². The Kier molecular flexibility index (Phi) is 3.78. The summed E-state index contributed by atoms with van der Waals surface area (Å²) in [6.45, 7) is 0.181. The number of fused-ring (bicyclic) bond motifs is 1. The third-order valence-corrected chi connectivity index (χ3v) is 4.80. The minimum atomic E-state index is -0.0874. The zero-order valence-electron chi connectivity index (χ0n) is 10.1. The Morgan fingerprint density at radius 3 is 2.65 bits per heavy atom. The molecule has 3 aromatic rings. The monoisotopic (exact) mass is 343 g/mol. The minimum Gasteiger partial charge on any atom is -0.338 e. The van der Waals surface area contributed by atoms with Crippen LogP contribution >= 0.6 is 46.1 Å². The Labute approximate surface area is 134 Å². The molecule has 0 aliphatic rings. The van der Waals surface area contributed by atoms with Crippen molar-refractivity contribution >= 4 is 62.8 Å². The van der Waals surface area contributed by atoms with Crippen molar-refractivity contribution in [3.63, 3.8) is 0 Å². The standard InChI is InChI=1S/C14H8Cl3NOS/c15-10-6-18(11-4-2-1-3-8(10)11)7-12(19)9-5-13(16)20-14(9)17/h1-6H,7H2. The van der Waals surface area contributed by atoms with Gasteiger partial charge in [-0.25, -0.2) is 0 Å². The maximum absolute atomic E-state index is 12.3. The molecule has 6 heteroatoms. The highest BCUT2D eigenvalue weighted by molar-refractivity contribution is 7.20. The van der Waals surface area contributed by atoms with Gasteiger partial charge in [-0.05, 0) is 12.1 Å². The third-order valence-electron chi connectivity index (χ3n) is 3.01. The van der Waals surface area contributed by atoms with Crippen molar-refractivity contribution in [3.05, 3.63) is 55.8 Å². The first-order valence-corrected chi connectivity index (χ1v) is 7.72. The fourth-order valence-corrected chi connectivity index (χ4v) is 3.88. The number of hydrogen-bond donors (Lipinski definition) is 0. The van der Waals surface area contributed by atoms with Gasteiger partial charge in [0.05, 0.1) is 21.5 Å². The summed E-state index contributed by atoms with van der Waals surface area (Å²) in [5.41, 5.74) is 1.37. The van der Waals surface area contributed by atoms with Crippen LogP contribution in [0.4, 0.5) is 0 Å². The van der Waals surface area contributed by atoms with E-state index in [1.807, 2.05) is 28.8 Å². The number of benzene rings is 1. The van der Waals surface area contributed by atoms with Crippen molar-refractivity contribution in [1.82, 2.24) is 4.57 Å². The highest BCUT2D eigenvalue weighted by Gasteiger charge is 2.16. The molecule has 0 bridgehead atoms. The Balaban J connectivity index is 1.97. The van der Waals surface area contributed by atoms with Crippen LogP contribution in [0.1, 0.15) is 10.4 Å². The fourth-order valence-electron chi connectivity index (χ4n) is 2.10. The molecule has 3 rings (SSSR count). The molecule has 102 valence electrons. The Hall–Kier alpha value is -1.000. The van der Waals surface area contributed by atoms with Gasteiger partial charge in [0.25, 0.3) is 0 Å². The van der Waals surface area contributed by atoms with Crippen LogP contribution in [-0.2, 0) is 6.54 Å². The zero-order chi connectivity index (χ0) is 14.3. The summed E-state index contributed by atoms with van der Waals surface area (Å²) in [6.07, 6.45) is 1.76.